The van der Waals surface area contributed by atoms with Gasteiger partial charge in [-0.2, -0.15) is 5.10 Å². The lowest BCUT2D eigenvalue weighted by atomic mass is 10.1. The third-order valence-electron chi connectivity index (χ3n) is 3.12. The molecule has 102 valence electrons. The van der Waals surface area contributed by atoms with E-state index < -0.39 is 0 Å². The third kappa shape index (κ3) is 2.41. The zero-order valence-electron chi connectivity index (χ0n) is 11.7. The molecule has 0 bridgehead atoms. The Hall–Kier alpha value is -2.04. The van der Waals surface area contributed by atoms with Crippen LogP contribution in [0, 0.1) is 12.7 Å². The molecular formula is C14H19FN4. The second kappa shape index (κ2) is 4.91. The Bertz CT molecular complexity index is 581. The summed E-state index contributed by atoms with van der Waals surface area (Å²) in [5.74, 6) is 0.548. The highest BCUT2D eigenvalue weighted by molar-refractivity contribution is 5.73. The van der Waals surface area contributed by atoms with Crippen molar-refractivity contribution >= 4 is 17.2 Å². The van der Waals surface area contributed by atoms with E-state index in [1.807, 2.05) is 26.8 Å². The second-order valence-corrected chi connectivity index (χ2v) is 4.98. The fourth-order valence-electron chi connectivity index (χ4n) is 2.04. The molecule has 0 aliphatic heterocycles. The molecule has 2 rings (SSSR count). The molecule has 5 heteroatoms. The van der Waals surface area contributed by atoms with Crippen LogP contribution in [-0.2, 0) is 7.05 Å². The summed E-state index contributed by atoms with van der Waals surface area (Å²) in [6.07, 6.45) is 0. The molecule has 0 saturated heterocycles. The Morgan fingerprint density at radius 2 is 2.05 bits per heavy atom. The first kappa shape index (κ1) is 13.4. The summed E-state index contributed by atoms with van der Waals surface area (Å²) in [5.41, 5.74) is 8.74. The summed E-state index contributed by atoms with van der Waals surface area (Å²) < 4.78 is 15.5. The minimum absolute atomic E-state index is 0.225. The van der Waals surface area contributed by atoms with Crippen LogP contribution in [0.15, 0.2) is 18.2 Å². The maximum atomic E-state index is 13.8. The van der Waals surface area contributed by atoms with E-state index in [0.717, 1.165) is 11.3 Å². The lowest BCUT2D eigenvalue weighted by molar-refractivity contribution is 0.630. The molecule has 4 nitrogen and oxygen atoms in total. The first-order valence-electron chi connectivity index (χ1n) is 6.26. The Morgan fingerprint density at radius 1 is 1.37 bits per heavy atom. The quantitative estimate of drug-likeness (QED) is 0.892. The Kier molecular flexibility index (Phi) is 3.46. The van der Waals surface area contributed by atoms with Crippen LogP contribution < -0.4 is 11.1 Å². The molecule has 0 fully saturated rings. The molecule has 0 aliphatic carbocycles. The van der Waals surface area contributed by atoms with Crippen molar-refractivity contribution in [2.45, 2.75) is 26.7 Å². The van der Waals surface area contributed by atoms with Crippen molar-refractivity contribution in [3.05, 3.63) is 35.3 Å². The smallest absolute Gasteiger partial charge is 0.152 e. The normalized spacial score (nSPS) is 11.1. The fraction of sp³-hybridized carbons (Fsp3) is 0.357. The van der Waals surface area contributed by atoms with Crippen molar-refractivity contribution in [3.63, 3.8) is 0 Å². The number of anilines is 3. The SMILES string of the molecule is Cc1cccc(F)c1Nc1c(N)c(C(C)C)nn1C. The van der Waals surface area contributed by atoms with Gasteiger partial charge in [0.05, 0.1) is 17.1 Å². The van der Waals surface area contributed by atoms with Gasteiger partial charge in [-0.1, -0.05) is 26.0 Å². The average Bonchev–Trinajstić information content (AvgIpc) is 2.61. The van der Waals surface area contributed by atoms with Gasteiger partial charge >= 0.3 is 0 Å². The first-order chi connectivity index (χ1) is 8.91. The number of hydrogen-bond donors (Lipinski definition) is 2. The van der Waals surface area contributed by atoms with Crippen LogP contribution in [0.1, 0.15) is 31.0 Å². The molecule has 2 aromatic rings. The number of hydrogen-bond acceptors (Lipinski definition) is 3. The third-order valence-corrected chi connectivity index (χ3v) is 3.12. The van der Waals surface area contributed by atoms with Gasteiger partial charge in [-0.15, -0.1) is 0 Å². The monoisotopic (exact) mass is 262 g/mol. The van der Waals surface area contributed by atoms with Gasteiger partial charge in [-0.05, 0) is 24.5 Å². The molecule has 3 N–H and O–H groups in total. The summed E-state index contributed by atoms with van der Waals surface area (Å²) >= 11 is 0. The topological polar surface area (TPSA) is 55.9 Å². The van der Waals surface area contributed by atoms with Crippen molar-refractivity contribution in [1.82, 2.24) is 9.78 Å². The zero-order chi connectivity index (χ0) is 14.2. The molecule has 19 heavy (non-hydrogen) atoms. The summed E-state index contributed by atoms with van der Waals surface area (Å²) in [4.78, 5) is 0. The molecule has 1 aromatic heterocycles. The van der Waals surface area contributed by atoms with Crippen LogP contribution in [-0.4, -0.2) is 9.78 Å². The number of nitrogen functional groups attached to an aromatic ring is 1. The van der Waals surface area contributed by atoms with E-state index in [-0.39, 0.29) is 11.7 Å². The number of nitrogens with one attached hydrogen (secondary N) is 1. The van der Waals surface area contributed by atoms with Crippen molar-refractivity contribution in [2.75, 3.05) is 11.1 Å². The van der Waals surface area contributed by atoms with Gasteiger partial charge in [0.2, 0.25) is 0 Å². The standard InChI is InChI=1S/C14H19FN4/c1-8(2)12-11(16)14(19(4)18-12)17-13-9(3)6-5-7-10(13)15/h5-8,17H,16H2,1-4H3. The largest absolute Gasteiger partial charge is 0.394 e. The van der Waals surface area contributed by atoms with Gasteiger partial charge in [0, 0.05) is 7.05 Å². The summed E-state index contributed by atoms with van der Waals surface area (Å²) in [5, 5.41) is 7.42. The second-order valence-electron chi connectivity index (χ2n) is 4.98. The fourth-order valence-corrected chi connectivity index (χ4v) is 2.04. The molecule has 0 radical (unpaired) electrons. The summed E-state index contributed by atoms with van der Waals surface area (Å²) in [6.45, 7) is 5.90. The Labute approximate surface area is 112 Å². The number of rotatable bonds is 3. The van der Waals surface area contributed by atoms with Gasteiger partial charge in [0.15, 0.2) is 5.82 Å². The van der Waals surface area contributed by atoms with E-state index in [1.165, 1.54) is 6.07 Å². The summed E-state index contributed by atoms with van der Waals surface area (Å²) in [7, 11) is 1.79. The van der Waals surface area contributed by atoms with Crippen molar-refractivity contribution in [2.24, 2.45) is 7.05 Å². The molecule has 0 unspecified atom stereocenters. The van der Waals surface area contributed by atoms with E-state index in [0.29, 0.717) is 17.2 Å². The van der Waals surface area contributed by atoms with E-state index in [2.05, 4.69) is 10.4 Å². The number of nitrogens with two attached hydrogens (primary N) is 1. The molecule has 0 saturated carbocycles. The van der Waals surface area contributed by atoms with Gasteiger partial charge in [0.25, 0.3) is 0 Å². The van der Waals surface area contributed by atoms with Gasteiger partial charge in [0.1, 0.15) is 5.82 Å². The summed E-state index contributed by atoms with van der Waals surface area (Å²) in [6, 6.07) is 4.95. The number of aromatic nitrogens is 2. The van der Waals surface area contributed by atoms with E-state index in [4.69, 9.17) is 5.73 Å². The minimum atomic E-state index is -0.299. The van der Waals surface area contributed by atoms with Crippen LogP contribution in [0.3, 0.4) is 0 Å². The zero-order valence-corrected chi connectivity index (χ0v) is 11.7. The Balaban J connectivity index is 2.44. The molecule has 1 heterocycles. The molecule has 0 atom stereocenters. The maximum Gasteiger partial charge on any atom is 0.152 e. The number of halogens is 1. The van der Waals surface area contributed by atoms with E-state index in [9.17, 15) is 4.39 Å². The lowest BCUT2D eigenvalue weighted by Gasteiger charge is -2.11. The molecular weight excluding hydrogens is 243 g/mol. The minimum Gasteiger partial charge on any atom is -0.394 e. The highest BCUT2D eigenvalue weighted by Gasteiger charge is 2.17. The van der Waals surface area contributed by atoms with Crippen molar-refractivity contribution < 1.29 is 4.39 Å². The van der Waals surface area contributed by atoms with E-state index >= 15 is 0 Å². The van der Waals surface area contributed by atoms with Crippen LogP contribution in [0.2, 0.25) is 0 Å². The molecule has 0 aliphatic rings. The van der Waals surface area contributed by atoms with Crippen molar-refractivity contribution in [1.29, 1.82) is 0 Å². The van der Waals surface area contributed by atoms with Gasteiger partial charge in [-0.25, -0.2) is 4.39 Å². The highest BCUT2D eigenvalue weighted by Crippen LogP contribution is 2.31. The molecule has 1 aromatic carbocycles. The predicted molar refractivity (Wildman–Crippen MR) is 76.1 cm³/mol. The lowest BCUT2D eigenvalue weighted by Crippen LogP contribution is -2.04. The number of aryl methyl sites for hydroxylation is 2. The number of para-hydroxylation sites is 1. The molecule has 0 amide bonds. The highest BCUT2D eigenvalue weighted by atomic mass is 19.1. The van der Waals surface area contributed by atoms with E-state index in [1.54, 1.807) is 17.8 Å². The maximum absolute atomic E-state index is 13.8. The van der Waals surface area contributed by atoms with Crippen LogP contribution >= 0.6 is 0 Å². The Morgan fingerprint density at radius 3 is 2.58 bits per heavy atom. The van der Waals surface area contributed by atoms with Crippen LogP contribution in [0.4, 0.5) is 21.6 Å². The number of benzene rings is 1. The first-order valence-corrected chi connectivity index (χ1v) is 6.26. The van der Waals surface area contributed by atoms with Gasteiger partial charge < -0.3 is 11.1 Å². The van der Waals surface area contributed by atoms with Crippen molar-refractivity contribution in [3.8, 4) is 0 Å². The average molecular weight is 262 g/mol. The van der Waals surface area contributed by atoms with Gasteiger partial charge in [-0.3, -0.25) is 4.68 Å². The number of nitrogens with zero attached hydrogens (tertiary/aromatic N) is 2. The predicted octanol–water partition coefficient (Wildman–Crippen LogP) is 3.32. The van der Waals surface area contributed by atoms with Crippen LogP contribution in [0.25, 0.3) is 0 Å². The molecule has 0 spiro atoms. The van der Waals surface area contributed by atoms with Crippen LogP contribution in [0.5, 0.6) is 0 Å².